The van der Waals surface area contributed by atoms with E-state index in [1.807, 2.05) is 48.2 Å². The zero-order valence-corrected chi connectivity index (χ0v) is 15.6. The number of aromatic nitrogens is 5. The second-order valence-electron chi connectivity index (χ2n) is 6.47. The molecule has 1 unspecified atom stereocenters. The summed E-state index contributed by atoms with van der Waals surface area (Å²) in [5, 5.41) is 16.1. The van der Waals surface area contributed by atoms with Crippen LogP contribution in [0.15, 0.2) is 41.8 Å². The third-order valence-electron chi connectivity index (χ3n) is 4.55. The fraction of sp³-hybridized carbons (Fsp3) is 0.444. The van der Waals surface area contributed by atoms with E-state index in [1.54, 1.807) is 4.68 Å². The molecule has 0 bridgehead atoms. The molecule has 3 aromatic heterocycles. The van der Waals surface area contributed by atoms with Crippen LogP contribution in [-0.4, -0.2) is 61.5 Å². The molecule has 142 valence electrons. The van der Waals surface area contributed by atoms with Gasteiger partial charge in [-0.1, -0.05) is 6.07 Å². The van der Waals surface area contributed by atoms with E-state index < -0.39 is 0 Å². The zero-order valence-electron chi connectivity index (χ0n) is 15.6. The maximum atomic E-state index is 5.94. The Morgan fingerprint density at radius 3 is 3.11 bits per heavy atom. The average molecular weight is 368 g/mol. The van der Waals surface area contributed by atoms with Crippen LogP contribution >= 0.6 is 0 Å². The molecule has 0 spiro atoms. The van der Waals surface area contributed by atoms with E-state index in [2.05, 4.69) is 32.4 Å². The Balaban J connectivity index is 1.51. The van der Waals surface area contributed by atoms with Crippen LogP contribution in [0.3, 0.4) is 0 Å². The second kappa shape index (κ2) is 7.75. The summed E-state index contributed by atoms with van der Waals surface area (Å²) in [6.07, 6.45) is 5.81. The molecule has 1 aliphatic heterocycles. The van der Waals surface area contributed by atoms with Crippen LogP contribution in [0.2, 0.25) is 0 Å². The van der Waals surface area contributed by atoms with Crippen LogP contribution in [0.1, 0.15) is 24.4 Å². The van der Waals surface area contributed by atoms with Gasteiger partial charge in [0.05, 0.1) is 19.3 Å². The minimum Gasteiger partial charge on any atom is -0.370 e. The largest absolute Gasteiger partial charge is 0.370 e. The molecule has 0 amide bonds. The van der Waals surface area contributed by atoms with Gasteiger partial charge in [0.15, 0.2) is 17.4 Å². The van der Waals surface area contributed by atoms with Crippen LogP contribution in [0.5, 0.6) is 0 Å². The summed E-state index contributed by atoms with van der Waals surface area (Å²) in [5.41, 5.74) is 1.91. The molecule has 4 heterocycles. The number of hydrogen-bond acceptors (Lipinski definition) is 5. The van der Waals surface area contributed by atoms with Crippen LogP contribution in [-0.2, 0) is 18.3 Å². The summed E-state index contributed by atoms with van der Waals surface area (Å²) in [6.45, 7) is 5.51. The highest BCUT2D eigenvalue weighted by Crippen LogP contribution is 2.21. The quantitative estimate of drug-likeness (QED) is 0.546. The first-order valence-corrected chi connectivity index (χ1v) is 9.16. The van der Waals surface area contributed by atoms with Gasteiger partial charge in [-0.2, -0.15) is 5.10 Å². The van der Waals surface area contributed by atoms with E-state index in [1.165, 1.54) is 0 Å². The Kier molecular flexibility index (Phi) is 5.01. The second-order valence-corrected chi connectivity index (χ2v) is 6.47. The number of nitrogens with zero attached hydrogens (tertiary/aromatic N) is 7. The normalized spacial score (nSPS) is 18.2. The highest BCUT2D eigenvalue weighted by molar-refractivity contribution is 5.80. The molecular formula is C18H24N8O. The highest BCUT2D eigenvalue weighted by atomic mass is 16.5. The Morgan fingerprint density at radius 2 is 2.30 bits per heavy atom. The smallest absolute Gasteiger partial charge is 0.194 e. The van der Waals surface area contributed by atoms with E-state index in [0.29, 0.717) is 13.2 Å². The molecule has 3 aromatic rings. The van der Waals surface area contributed by atoms with Crippen molar-refractivity contribution in [3.05, 3.63) is 48.2 Å². The van der Waals surface area contributed by atoms with Crippen molar-refractivity contribution in [1.82, 2.24) is 34.6 Å². The third-order valence-corrected chi connectivity index (χ3v) is 4.55. The Bertz CT molecular complexity index is 930. The molecule has 9 nitrogen and oxygen atoms in total. The number of aryl methyl sites for hydroxylation is 1. The van der Waals surface area contributed by atoms with Gasteiger partial charge in [0, 0.05) is 38.1 Å². The summed E-state index contributed by atoms with van der Waals surface area (Å²) in [4.78, 5) is 7.02. The van der Waals surface area contributed by atoms with Crippen LogP contribution in [0.25, 0.3) is 5.65 Å². The summed E-state index contributed by atoms with van der Waals surface area (Å²) in [6, 6.07) is 5.86. The Hall–Kier alpha value is -2.94. The van der Waals surface area contributed by atoms with Gasteiger partial charge in [-0.15, -0.1) is 10.2 Å². The standard InChI is InChI=1S/C18H24N8O/c1-3-19-18(20-11-17-23-22-16-6-4-5-7-26(16)17)25-8-9-27-15(13-25)14-10-21-24(2)12-14/h4-7,10,12,15H,3,8-9,11,13H2,1-2H3,(H,19,20). The number of aliphatic imine (C=N–C) groups is 1. The van der Waals surface area contributed by atoms with Crippen LogP contribution in [0.4, 0.5) is 0 Å². The van der Waals surface area contributed by atoms with Gasteiger partial charge in [0.1, 0.15) is 12.6 Å². The summed E-state index contributed by atoms with van der Waals surface area (Å²) in [7, 11) is 1.92. The fourth-order valence-corrected chi connectivity index (χ4v) is 3.22. The first-order valence-electron chi connectivity index (χ1n) is 9.16. The molecule has 1 N–H and O–H groups in total. The number of morpholine rings is 1. The predicted octanol–water partition coefficient (Wildman–Crippen LogP) is 1.00. The van der Waals surface area contributed by atoms with Gasteiger partial charge in [-0.05, 0) is 19.1 Å². The lowest BCUT2D eigenvalue weighted by Crippen LogP contribution is -2.48. The van der Waals surface area contributed by atoms with Gasteiger partial charge in [-0.25, -0.2) is 4.99 Å². The molecule has 1 aliphatic rings. The summed E-state index contributed by atoms with van der Waals surface area (Å²) in [5.74, 6) is 1.68. The number of rotatable bonds is 4. The first kappa shape index (κ1) is 17.5. The lowest BCUT2D eigenvalue weighted by molar-refractivity contribution is -0.00805. The Morgan fingerprint density at radius 1 is 1.37 bits per heavy atom. The Labute approximate surface area is 157 Å². The number of ether oxygens (including phenoxy) is 1. The minimum absolute atomic E-state index is 0.00905. The van der Waals surface area contributed by atoms with E-state index in [0.717, 1.165) is 42.6 Å². The number of nitrogens with one attached hydrogen (secondary N) is 1. The number of pyridine rings is 1. The van der Waals surface area contributed by atoms with Crippen molar-refractivity contribution in [3.63, 3.8) is 0 Å². The molecule has 1 saturated heterocycles. The van der Waals surface area contributed by atoms with Crippen LogP contribution < -0.4 is 5.32 Å². The van der Waals surface area contributed by atoms with Crippen molar-refractivity contribution in [1.29, 1.82) is 0 Å². The van der Waals surface area contributed by atoms with Gasteiger partial charge in [0.2, 0.25) is 0 Å². The number of fused-ring (bicyclic) bond motifs is 1. The SMILES string of the molecule is CCNC(=NCc1nnc2ccccn12)N1CCOC(c2cnn(C)c2)C1. The topological polar surface area (TPSA) is 84.9 Å². The molecule has 1 atom stereocenters. The maximum Gasteiger partial charge on any atom is 0.194 e. The monoisotopic (exact) mass is 368 g/mol. The molecule has 0 aliphatic carbocycles. The fourth-order valence-electron chi connectivity index (χ4n) is 3.22. The van der Waals surface area contributed by atoms with E-state index in [-0.39, 0.29) is 6.10 Å². The zero-order chi connectivity index (χ0) is 18.6. The molecule has 0 saturated carbocycles. The molecule has 9 heteroatoms. The van der Waals surface area contributed by atoms with E-state index in [4.69, 9.17) is 9.73 Å². The molecular weight excluding hydrogens is 344 g/mol. The molecule has 27 heavy (non-hydrogen) atoms. The number of hydrogen-bond donors (Lipinski definition) is 1. The van der Waals surface area contributed by atoms with Gasteiger partial charge in [-0.3, -0.25) is 9.08 Å². The predicted molar refractivity (Wildman–Crippen MR) is 101 cm³/mol. The molecule has 4 rings (SSSR count). The highest BCUT2D eigenvalue weighted by Gasteiger charge is 2.25. The molecule has 1 fully saturated rings. The van der Waals surface area contributed by atoms with E-state index >= 15 is 0 Å². The lowest BCUT2D eigenvalue weighted by Gasteiger charge is -2.34. The number of guanidine groups is 1. The molecule has 0 radical (unpaired) electrons. The maximum absolute atomic E-state index is 5.94. The van der Waals surface area contributed by atoms with Crippen molar-refractivity contribution in [2.75, 3.05) is 26.2 Å². The minimum atomic E-state index is -0.00905. The van der Waals surface area contributed by atoms with Crippen molar-refractivity contribution in [2.24, 2.45) is 12.0 Å². The van der Waals surface area contributed by atoms with Crippen molar-refractivity contribution >= 4 is 11.6 Å². The first-order chi connectivity index (χ1) is 13.2. The van der Waals surface area contributed by atoms with Crippen molar-refractivity contribution in [3.8, 4) is 0 Å². The third kappa shape index (κ3) is 3.77. The van der Waals surface area contributed by atoms with Gasteiger partial charge in [0.25, 0.3) is 0 Å². The van der Waals surface area contributed by atoms with Crippen molar-refractivity contribution in [2.45, 2.75) is 19.6 Å². The summed E-state index contributed by atoms with van der Waals surface area (Å²) >= 11 is 0. The van der Waals surface area contributed by atoms with Crippen molar-refractivity contribution < 1.29 is 4.74 Å². The molecule has 0 aromatic carbocycles. The lowest BCUT2D eigenvalue weighted by atomic mass is 10.1. The van der Waals surface area contributed by atoms with Gasteiger partial charge < -0.3 is 15.0 Å². The van der Waals surface area contributed by atoms with Gasteiger partial charge >= 0.3 is 0 Å². The average Bonchev–Trinajstić information content (AvgIpc) is 3.32. The summed E-state index contributed by atoms with van der Waals surface area (Å²) < 4.78 is 9.70. The van der Waals surface area contributed by atoms with E-state index in [9.17, 15) is 0 Å². The van der Waals surface area contributed by atoms with Crippen LogP contribution in [0, 0.1) is 0 Å².